The van der Waals surface area contributed by atoms with Crippen LogP contribution in [0, 0.1) is 0 Å². The van der Waals surface area contributed by atoms with Crippen LogP contribution in [0.25, 0.3) is 10.9 Å². The number of benzene rings is 1. The molecule has 4 rings (SSSR count). The zero-order valence-corrected chi connectivity index (χ0v) is 18.9. The van der Waals surface area contributed by atoms with Crippen molar-refractivity contribution in [1.29, 1.82) is 0 Å². The lowest BCUT2D eigenvalue weighted by molar-refractivity contribution is -0.173. The number of carbonyl (C=O) groups is 1. The maximum atomic E-state index is 12.3. The molecule has 2 aliphatic heterocycles. The SMILES string of the molecule is Cl.O=C(NCCN1CCC(Oc2ccc3[nH]c(=O)c4c(c3c2)CCSC4)CC1)C(F)(F)F. The normalized spacial score (nSPS) is 17.5. The van der Waals surface area contributed by atoms with Gasteiger partial charge in [-0.2, -0.15) is 24.9 Å². The number of carbonyl (C=O) groups excluding carboxylic acids is 1. The highest BCUT2D eigenvalue weighted by atomic mass is 35.5. The van der Waals surface area contributed by atoms with Gasteiger partial charge < -0.3 is 19.9 Å². The Labute approximate surface area is 193 Å². The van der Waals surface area contributed by atoms with Crippen LogP contribution in [0.1, 0.15) is 24.0 Å². The summed E-state index contributed by atoms with van der Waals surface area (Å²) in [5.74, 6) is 0.589. The van der Waals surface area contributed by atoms with Gasteiger partial charge in [-0.25, -0.2) is 0 Å². The number of aryl methyl sites for hydroxylation is 1. The van der Waals surface area contributed by atoms with E-state index >= 15 is 0 Å². The van der Waals surface area contributed by atoms with E-state index in [4.69, 9.17) is 4.74 Å². The number of amides is 1. The number of aromatic amines is 1. The second kappa shape index (κ2) is 10.4. The van der Waals surface area contributed by atoms with Gasteiger partial charge in [0.1, 0.15) is 11.9 Å². The van der Waals surface area contributed by atoms with Crippen LogP contribution >= 0.6 is 24.2 Å². The number of hydrogen-bond acceptors (Lipinski definition) is 5. The van der Waals surface area contributed by atoms with Crippen molar-refractivity contribution in [2.75, 3.05) is 31.9 Å². The first-order chi connectivity index (χ1) is 14.8. The molecule has 32 heavy (non-hydrogen) atoms. The fraction of sp³-hybridized carbons (Fsp3) is 0.524. The number of fused-ring (bicyclic) bond motifs is 3. The molecule has 1 saturated heterocycles. The second-order valence-corrected chi connectivity index (χ2v) is 8.94. The molecule has 0 spiro atoms. The Morgan fingerprint density at radius 3 is 2.72 bits per heavy atom. The monoisotopic (exact) mass is 491 g/mol. The molecule has 2 N–H and O–H groups in total. The minimum Gasteiger partial charge on any atom is -0.490 e. The molecule has 0 unspecified atom stereocenters. The molecule has 2 aliphatic rings. The quantitative estimate of drug-likeness (QED) is 0.671. The third-order valence-corrected chi connectivity index (χ3v) is 6.74. The van der Waals surface area contributed by atoms with Crippen LogP contribution in [0.5, 0.6) is 5.75 Å². The topological polar surface area (TPSA) is 74.4 Å². The number of likely N-dealkylation sites (tertiary alicyclic amines) is 1. The molecule has 0 radical (unpaired) electrons. The minimum absolute atomic E-state index is 0. The number of alkyl halides is 3. The van der Waals surface area contributed by atoms with E-state index in [0.717, 1.165) is 58.5 Å². The molecule has 0 atom stereocenters. The van der Waals surface area contributed by atoms with Crippen molar-refractivity contribution in [1.82, 2.24) is 15.2 Å². The average molecular weight is 492 g/mol. The van der Waals surface area contributed by atoms with Crippen molar-refractivity contribution < 1.29 is 22.7 Å². The summed E-state index contributed by atoms with van der Waals surface area (Å²) in [5.41, 5.74) is 2.77. The van der Waals surface area contributed by atoms with Gasteiger partial charge in [0.2, 0.25) is 0 Å². The molecule has 2 aromatic rings. The van der Waals surface area contributed by atoms with Gasteiger partial charge in [-0.05, 0) is 48.8 Å². The summed E-state index contributed by atoms with van der Waals surface area (Å²) in [4.78, 5) is 28.1. The zero-order chi connectivity index (χ0) is 22.0. The van der Waals surface area contributed by atoms with Crippen molar-refractivity contribution in [2.24, 2.45) is 0 Å². The summed E-state index contributed by atoms with van der Waals surface area (Å²) >= 11 is 1.77. The zero-order valence-electron chi connectivity index (χ0n) is 17.3. The van der Waals surface area contributed by atoms with E-state index in [2.05, 4.69) is 4.98 Å². The molecule has 11 heteroatoms. The number of nitrogens with one attached hydrogen (secondary N) is 2. The number of pyridine rings is 1. The largest absolute Gasteiger partial charge is 0.490 e. The lowest BCUT2D eigenvalue weighted by Gasteiger charge is -2.32. The molecule has 1 aromatic heterocycles. The highest BCUT2D eigenvalue weighted by Gasteiger charge is 2.38. The number of ether oxygens (including phenoxy) is 1. The van der Waals surface area contributed by atoms with Crippen molar-refractivity contribution in [2.45, 2.75) is 37.3 Å². The Balaban J connectivity index is 0.00000289. The van der Waals surface area contributed by atoms with E-state index in [9.17, 15) is 22.8 Å². The molecular formula is C21H25ClF3N3O3S. The van der Waals surface area contributed by atoms with Crippen LogP contribution in [0.3, 0.4) is 0 Å². The lowest BCUT2D eigenvalue weighted by atomic mass is 10.0. The summed E-state index contributed by atoms with van der Waals surface area (Å²) < 4.78 is 42.8. The van der Waals surface area contributed by atoms with E-state index < -0.39 is 12.1 Å². The molecule has 0 bridgehead atoms. The van der Waals surface area contributed by atoms with E-state index in [1.54, 1.807) is 11.8 Å². The minimum atomic E-state index is -4.84. The van der Waals surface area contributed by atoms with E-state index in [0.29, 0.717) is 19.6 Å². The Bertz CT molecular complexity index is 1020. The second-order valence-electron chi connectivity index (χ2n) is 7.83. The van der Waals surface area contributed by atoms with Gasteiger partial charge in [0.05, 0.1) is 0 Å². The highest BCUT2D eigenvalue weighted by Crippen LogP contribution is 2.30. The Kier molecular flexibility index (Phi) is 8.00. The Morgan fingerprint density at radius 1 is 1.25 bits per heavy atom. The number of hydrogen-bond donors (Lipinski definition) is 2. The molecule has 0 aliphatic carbocycles. The van der Waals surface area contributed by atoms with Crippen LogP contribution in [0.15, 0.2) is 23.0 Å². The summed E-state index contributed by atoms with van der Waals surface area (Å²) in [5, 5.41) is 2.94. The first kappa shape index (κ1) is 24.7. The maximum absolute atomic E-state index is 12.3. The smallest absolute Gasteiger partial charge is 0.471 e. The number of thioether (sulfide) groups is 1. The average Bonchev–Trinajstić information content (AvgIpc) is 2.75. The van der Waals surface area contributed by atoms with Gasteiger partial charge in [0, 0.05) is 48.4 Å². The van der Waals surface area contributed by atoms with Gasteiger partial charge in [-0.3, -0.25) is 9.59 Å². The Hall–Kier alpha value is -1.91. The molecule has 176 valence electrons. The van der Waals surface area contributed by atoms with Crippen LogP contribution in [0.2, 0.25) is 0 Å². The molecule has 3 heterocycles. The number of piperidine rings is 1. The van der Waals surface area contributed by atoms with Crippen molar-refractivity contribution in [3.05, 3.63) is 39.7 Å². The van der Waals surface area contributed by atoms with Crippen LogP contribution in [0.4, 0.5) is 13.2 Å². The van der Waals surface area contributed by atoms with E-state index in [-0.39, 0.29) is 30.6 Å². The lowest BCUT2D eigenvalue weighted by Crippen LogP contribution is -2.44. The third-order valence-electron chi connectivity index (χ3n) is 5.75. The Morgan fingerprint density at radius 2 is 2.00 bits per heavy atom. The fourth-order valence-corrected chi connectivity index (χ4v) is 5.11. The first-order valence-electron chi connectivity index (χ1n) is 10.3. The molecule has 6 nitrogen and oxygen atoms in total. The molecule has 1 aromatic carbocycles. The van der Waals surface area contributed by atoms with E-state index in [1.165, 1.54) is 0 Å². The van der Waals surface area contributed by atoms with Crippen molar-refractivity contribution in [3.63, 3.8) is 0 Å². The van der Waals surface area contributed by atoms with Gasteiger partial charge >= 0.3 is 12.1 Å². The highest BCUT2D eigenvalue weighted by molar-refractivity contribution is 7.98. The number of rotatable bonds is 5. The van der Waals surface area contributed by atoms with Crippen LogP contribution < -0.4 is 15.6 Å². The number of nitrogens with zero attached hydrogens (tertiary/aromatic N) is 1. The van der Waals surface area contributed by atoms with Gasteiger partial charge in [-0.15, -0.1) is 12.4 Å². The molecule has 1 amide bonds. The third kappa shape index (κ3) is 5.71. The molecular weight excluding hydrogens is 467 g/mol. The molecule has 1 fully saturated rings. The molecule has 0 saturated carbocycles. The summed E-state index contributed by atoms with van der Waals surface area (Å²) in [6.07, 6.45) is -2.44. The van der Waals surface area contributed by atoms with Gasteiger partial charge in [0.15, 0.2) is 0 Å². The summed E-state index contributed by atoms with van der Waals surface area (Å²) in [7, 11) is 0. The number of aromatic nitrogens is 1. The van der Waals surface area contributed by atoms with Gasteiger partial charge in [0.25, 0.3) is 5.56 Å². The van der Waals surface area contributed by atoms with E-state index in [1.807, 2.05) is 28.4 Å². The van der Waals surface area contributed by atoms with Crippen LogP contribution in [-0.4, -0.2) is 60.0 Å². The van der Waals surface area contributed by atoms with Gasteiger partial charge in [-0.1, -0.05) is 0 Å². The predicted octanol–water partition coefficient (Wildman–Crippen LogP) is 3.26. The number of H-pyrrole nitrogens is 1. The maximum Gasteiger partial charge on any atom is 0.471 e. The summed E-state index contributed by atoms with van der Waals surface area (Å²) in [6.45, 7) is 1.73. The fourth-order valence-electron chi connectivity index (χ4n) is 4.11. The standard InChI is InChI=1S/C21H24F3N3O3S.ClH/c22-21(23,24)20(29)25-6-9-27-7-3-13(4-8-27)30-14-1-2-18-16(11-14)15-5-10-31-12-17(15)19(28)26-18;/h1-2,11,13H,3-10,12H2,(H,25,29)(H,26,28);1H. The van der Waals surface area contributed by atoms with Crippen molar-refractivity contribution in [3.8, 4) is 5.75 Å². The summed E-state index contributed by atoms with van der Waals surface area (Å²) in [6, 6.07) is 5.74. The first-order valence-corrected chi connectivity index (χ1v) is 11.5. The van der Waals surface area contributed by atoms with Crippen molar-refractivity contribution >= 4 is 41.0 Å². The number of halogens is 4. The predicted molar refractivity (Wildman–Crippen MR) is 121 cm³/mol. The van der Waals surface area contributed by atoms with Crippen LogP contribution in [-0.2, 0) is 17.0 Å².